The number of nitrogens with two attached hydrogens (primary N) is 6. The van der Waals surface area contributed by atoms with E-state index in [4.69, 9.17) is 139 Å². The molecule has 0 spiro atoms. The van der Waals surface area contributed by atoms with Crippen molar-refractivity contribution in [1.82, 2.24) is 89.7 Å². The molecule has 15 rings (SSSR count). The van der Waals surface area contributed by atoms with Crippen molar-refractivity contribution in [2.24, 2.45) is 0 Å². The average Bonchev–Trinajstić information content (AvgIpc) is 1.19. The fourth-order valence-electron chi connectivity index (χ4n) is 11.1. The zero-order valence-electron chi connectivity index (χ0n) is 58.9. The molecular weight excluding hydrogens is 1590 g/mol. The van der Waals surface area contributed by atoms with Crippen LogP contribution in [0.1, 0.15) is 104 Å². The lowest BCUT2D eigenvalue weighted by Gasteiger charge is -2.29. The van der Waals surface area contributed by atoms with Crippen LogP contribution < -0.4 is 49.5 Å². The first-order valence-electron chi connectivity index (χ1n) is 33.8. The fraction of sp³-hybridized carbons (Fsp3) is 0.216. The molecule has 0 saturated heterocycles. The van der Waals surface area contributed by atoms with Crippen LogP contribution in [0.5, 0.6) is 0 Å². The van der Waals surface area contributed by atoms with Gasteiger partial charge in [-0.15, -0.1) is 58.0 Å². The third-order valence-electron chi connectivity index (χ3n) is 15.9. The summed E-state index contributed by atoms with van der Waals surface area (Å²) < 4.78 is 0. The molecule has 110 heavy (non-hydrogen) atoms. The number of nitrogens with zero attached hydrogens (tertiary/aromatic N) is 20. The summed E-state index contributed by atoms with van der Waals surface area (Å²) in [6.07, 6.45) is 5.87. The Kier molecular flexibility index (Phi) is 30.6. The van der Waals surface area contributed by atoms with Gasteiger partial charge in [-0.2, -0.15) is 74.8 Å². The zero-order valence-corrected chi connectivity index (χ0v) is 65.7. The Bertz CT molecular complexity index is 5190. The average molecular weight is 1660 g/mol. The predicted octanol–water partition coefficient (Wildman–Crippen LogP) is 15.2. The van der Waals surface area contributed by atoms with E-state index in [1.54, 1.807) is 6.07 Å². The number of rotatable bonds is 17. The van der Waals surface area contributed by atoms with E-state index in [0.717, 1.165) is 83.3 Å². The highest BCUT2D eigenvalue weighted by molar-refractivity contribution is 6.43. The molecule has 566 valence electrons. The van der Waals surface area contributed by atoms with Gasteiger partial charge in [0.1, 0.15) is 29.1 Å². The molecule has 13 aromatic rings. The van der Waals surface area contributed by atoms with Gasteiger partial charge in [0, 0.05) is 64.8 Å². The van der Waals surface area contributed by atoms with Gasteiger partial charge in [0.25, 0.3) is 0 Å². The third-order valence-corrected chi connectivity index (χ3v) is 18.0. The number of halogens is 9. The fourth-order valence-corrected chi connectivity index (χ4v) is 12.2. The first-order chi connectivity index (χ1) is 53.2. The summed E-state index contributed by atoms with van der Waals surface area (Å²) in [6, 6.07) is 53.8. The zero-order chi connectivity index (χ0) is 78.1. The molecule has 2 aliphatic rings. The van der Waals surface area contributed by atoms with Gasteiger partial charge >= 0.3 is 0 Å². The largest absolute Gasteiger partial charge is 0.368 e. The molecule has 8 heterocycles. The van der Waals surface area contributed by atoms with E-state index in [1.165, 1.54) is 16.7 Å². The number of aromatic nitrogens is 18. The van der Waals surface area contributed by atoms with Crippen LogP contribution in [-0.2, 0) is 67.9 Å². The normalized spacial score (nSPS) is 11.8. The number of hydrogen-bond acceptors (Lipinski definition) is 27. The summed E-state index contributed by atoms with van der Waals surface area (Å²) in [5, 5.41) is 6.74. The lowest BCUT2D eigenvalue weighted by Crippen LogP contribution is -2.27. The third kappa shape index (κ3) is 24.3. The molecule has 0 unspecified atom stereocenters. The maximum atomic E-state index is 5.90. The number of nitrogen functional groups attached to an aromatic ring is 6. The minimum absolute atomic E-state index is 0.100. The Labute approximate surface area is 678 Å². The number of hydrogen-bond donors (Lipinski definition) is 7. The number of aryl methyl sites for hydroxylation is 2. The molecule has 0 fully saturated rings. The quantitative estimate of drug-likeness (QED) is 0.0416. The SMILES string of the molecule is CCc1ccc(Cc2nc(N)nc(CCl)n2)cc1.Nc1nc(CCl)nc(Cc2ccc(Cl)cc2)n1.Nc1nc(CCl)nc(N2CCCc3ccccc32)n1.Nc1nc(CCl)nc(N2CCc3ccccc32)n1.Nc1nc(CCl)nc(Nc2cccc3ccccc23)n1.Nc1nc(Cc2cccc(Cl)c2)nc(C(Cl)Cl)n1. The molecule has 0 radical (unpaired) electrons. The molecule has 36 heteroatoms. The number of alkyl halides is 7. The molecule has 7 aromatic carbocycles. The number of benzene rings is 7. The summed E-state index contributed by atoms with van der Waals surface area (Å²) in [5.41, 5.74) is 44.1. The summed E-state index contributed by atoms with van der Waals surface area (Å²) in [4.78, 5) is 77.1. The highest BCUT2D eigenvalue weighted by atomic mass is 35.5. The van der Waals surface area contributed by atoms with Gasteiger partial charge in [-0.25, -0.2) is 15.0 Å². The maximum Gasteiger partial charge on any atom is 0.235 e. The molecule has 0 amide bonds. The second-order valence-electron chi connectivity index (χ2n) is 23.8. The van der Waals surface area contributed by atoms with Gasteiger partial charge < -0.3 is 49.5 Å². The Morgan fingerprint density at radius 1 is 0.373 bits per heavy atom. The van der Waals surface area contributed by atoms with Crippen LogP contribution in [0, 0.1) is 0 Å². The van der Waals surface area contributed by atoms with Crippen molar-refractivity contribution in [2.45, 2.75) is 86.1 Å². The smallest absolute Gasteiger partial charge is 0.235 e. The van der Waals surface area contributed by atoms with E-state index in [-0.39, 0.29) is 70.9 Å². The molecule has 0 bridgehead atoms. The molecule has 27 nitrogen and oxygen atoms in total. The second-order valence-corrected chi connectivity index (χ2v) is 27.1. The van der Waals surface area contributed by atoms with Crippen LogP contribution in [-0.4, -0.2) is 103 Å². The van der Waals surface area contributed by atoms with Crippen molar-refractivity contribution in [3.05, 3.63) is 260 Å². The van der Waals surface area contributed by atoms with Crippen LogP contribution in [0.15, 0.2) is 164 Å². The Morgan fingerprint density at radius 3 is 1.35 bits per heavy atom. The van der Waals surface area contributed by atoms with Crippen LogP contribution in [0.4, 0.5) is 70.6 Å². The topological polar surface area (TPSA) is 407 Å². The van der Waals surface area contributed by atoms with Gasteiger partial charge in [-0.1, -0.05) is 175 Å². The van der Waals surface area contributed by atoms with Gasteiger partial charge in [0.15, 0.2) is 28.1 Å². The maximum absolute atomic E-state index is 5.90. The van der Waals surface area contributed by atoms with Crippen molar-refractivity contribution < 1.29 is 0 Å². The Balaban J connectivity index is 0.000000141. The summed E-state index contributed by atoms with van der Waals surface area (Å²) >= 11 is 51.8. The van der Waals surface area contributed by atoms with Gasteiger partial charge in [0.2, 0.25) is 53.5 Å². The Hall–Kier alpha value is -10.3. The lowest BCUT2D eigenvalue weighted by molar-refractivity contribution is 0.744. The highest BCUT2D eigenvalue weighted by Crippen LogP contribution is 2.34. The second kappa shape index (κ2) is 40.9. The molecule has 0 atom stereocenters. The van der Waals surface area contributed by atoms with E-state index in [1.807, 2.05) is 114 Å². The van der Waals surface area contributed by atoms with E-state index < -0.39 is 4.84 Å². The summed E-state index contributed by atoms with van der Waals surface area (Å²) in [6.45, 7) is 3.86. The minimum atomic E-state index is -0.826. The standard InChI is InChI=1S/C14H12ClN5.C13H14ClN5.C13H15ClN4.C12H12ClN5.C11H9Cl3N4.C11H10Cl2N4/c15-8-12-18-13(16)20-14(19-12)17-11-7-3-5-9-4-1-2-6-10(9)11;14-8-11-16-12(15)18-13(17-11)19-7-3-5-9-4-1-2-6-10(9)19;1-2-9-3-5-10(6-4-9)7-11-16-12(8-14)18-13(15)17-11;13-7-10-15-11(14)17-12(16-10)18-6-5-8-3-1-2-4-9(8)18;12-7-3-1-2-6(4-7)5-8-16-10(9(13)14)18-11(15)17-8;12-6-10-15-9(16-11(14)17-10)5-7-1-3-8(13)4-2-7/h1-7H,8H2,(H3,16,17,18,19,20);1-2,4,6H,3,5,7-8H2,(H2,15,16,17,18);3-6H,2,7-8H2,1H3,(H2,15,16,17,18);1-4H,5-7H2,(H2,14,15,16,17);1-4,9H,5H2,(H2,15,16,17,18);1-4H,5-6H2,(H2,14,15,16,17). The van der Waals surface area contributed by atoms with Crippen molar-refractivity contribution in [2.75, 3.05) is 62.6 Å². The number of para-hydroxylation sites is 2. The van der Waals surface area contributed by atoms with Crippen LogP contribution in [0.2, 0.25) is 10.0 Å². The van der Waals surface area contributed by atoms with Gasteiger partial charge in [-0.3, -0.25) is 0 Å². The predicted molar refractivity (Wildman–Crippen MR) is 441 cm³/mol. The number of nitrogens with one attached hydrogen (secondary N) is 1. The summed E-state index contributed by atoms with van der Waals surface area (Å²) in [7, 11) is 0. The minimum Gasteiger partial charge on any atom is -0.368 e. The molecule has 0 saturated carbocycles. The van der Waals surface area contributed by atoms with Gasteiger partial charge in [0.05, 0.1) is 29.4 Å². The Morgan fingerprint density at radius 2 is 0.800 bits per heavy atom. The van der Waals surface area contributed by atoms with E-state index in [0.29, 0.717) is 93.7 Å². The van der Waals surface area contributed by atoms with E-state index in [9.17, 15) is 0 Å². The van der Waals surface area contributed by atoms with E-state index in [2.05, 4.69) is 155 Å². The van der Waals surface area contributed by atoms with Crippen LogP contribution in [0.25, 0.3) is 10.8 Å². The molecule has 13 N–H and O–H groups in total. The van der Waals surface area contributed by atoms with Crippen molar-refractivity contribution in [3.63, 3.8) is 0 Å². The highest BCUT2D eigenvalue weighted by Gasteiger charge is 2.24. The monoisotopic (exact) mass is 1650 g/mol. The number of fused-ring (bicyclic) bond motifs is 3. The van der Waals surface area contributed by atoms with Crippen LogP contribution >= 0.6 is 104 Å². The lowest BCUT2D eigenvalue weighted by atomic mass is 10.0. The van der Waals surface area contributed by atoms with Gasteiger partial charge in [-0.05, 0) is 107 Å². The molecule has 2 aliphatic heterocycles. The molecule has 6 aromatic heterocycles. The van der Waals surface area contributed by atoms with Crippen molar-refractivity contribution >= 4 is 186 Å². The first-order valence-corrected chi connectivity index (χ1v) is 38.1. The van der Waals surface area contributed by atoms with Crippen LogP contribution in [0.3, 0.4) is 0 Å². The van der Waals surface area contributed by atoms with Crippen molar-refractivity contribution in [3.8, 4) is 0 Å². The number of anilines is 12. The molecule has 0 aliphatic carbocycles. The van der Waals surface area contributed by atoms with E-state index >= 15 is 0 Å². The summed E-state index contributed by atoms with van der Waals surface area (Å²) in [5.74, 6) is 8.24. The van der Waals surface area contributed by atoms with Crippen molar-refractivity contribution in [1.29, 1.82) is 0 Å². The molecular formula is C74H72Cl9N27. The first kappa shape index (κ1) is 82.2.